The number of aromatic amines is 1. The number of hydrogen-bond donors (Lipinski definition) is 4. The maximum Gasteiger partial charge on any atom is 0.255 e. The second kappa shape index (κ2) is 27.8. The highest BCUT2D eigenvalue weighted by atomic mass is 32.1. The fraction of sp³-hybridized carbons (Fsp3) is 0.438. The Morgan fingerprint density at radius 1 is 0.843 bits per heavy atom. The largest absolute Gasteiger partial charge is 0.491 e. The van der Waals surface area contributed by atoms with Gasteiger partial charge in [-0.3, -0.25) is 24.0 Å². The van der Waals surface area contributed by atoms with Crippen LogP contribution in [0.25, 0.3) is 21.6 Å². The van der Waals surface area contributed by atoms with Crippen molar-refractivity contribution in [2.75, 3.05) is 70.8 Å². The van der Waals surface area contributed by atoms with Gasteiger partial charge in [0.25, 0.3) is 17.4 Å². The second-order valence-electron chi connectivity index (χ2n) is 21.9. The highest BCUT2D eigenvalue weighted by molar-refractivity contribution is 7.13. The minimum Gasteiger partial charge on any atom is -0.491 e. The zero-order valence-corrected chi connectivity index (χ0v) is 49.4. The quantitative estimate of drug-likeness (QED) is 0.0400. The fourth-order valence-corrected chi connectivity index (χ4v) is 12.3. The van der Waals surface area contributed by atoms with E-state index >= 15 is 0 Å². The van der Waals surface area contributed by atoms with Gasteiger partial charge in [0.1, 0.15) is 36.8 Å². The van der Waals surface area contributed by atoms with E-state index in [1.54, 1.807) is 22.5 Å². The number of aliphatic hydroxyl groups is 1. The van der Waals surface area contributed by atoms with Gasteiger partial charge in [0.15, 0.2) is 0 Å². The zero-order chi connectivity index (χ0) is 58.7. The zero-order valence-electron chi connectivity index (χ0n) is 48.6. The van der Waals surface area contributed by atoms with Crippen molar-refractivity contribution in [1.82, 2.24) is 30.4 Å². The number of carbonyl (C=O) groups excluding carboxylic acids is 4. The van der Waals surface area contributed by atoms with Gasteiger partial charge in [-0.2, -0.15) is 0 Å². The smallest absolute Gasteiger partial charge is 0.255 e. The average Bonchev–Trinajstić information content (AvgIpc) is 3.33. The van der Waals surface area contributed by atoms with E-state index in [0.717, 1.165) is 74.7 Å². The van der Waals surface area contributed by atoms with Crippen molar-refractivity contribution in [2.45, 2.75) is 112 Å². The lowest BCUT2D eigenvalue weighted by Crippen LogP contribution is -2.55. The molecule has 2 fully saturated rings. The van der Waals surface area contributed by atoms with Crippen molar-refractivity contribution in [1.29, 1.82) is 0 Å². The predicted octanol–water partition coefficient (Wildman–Crippen LogP) is 8.08. The Bertz CT molecular complexity index is 3320. The van der Waals surface area contributed by atoms with Crippen LogP contribution in [0.5, 0.6) is 11.5 Å². The lowest BCUT2D eigenvalue weighted by atomic mass is 9.95. The molecule has 3 aliphatic heterocycles. The molecule has 19 heteroatoms. The monoisotopic (exact) mass is 1150 g/mol. The molecule has 4 aromatic carbocycles. The van der Waals surface area contributed by atoms with E-state index in [2.05, 4.69) is 38.5 Å². The van der Waals surface area contributed by atoms with Crippen molar-refractivity contribution < 1.29 is 48.0 Å². The molecule has 6 aromatic rings. The lowest BCUT2D eigenvalue weighted by Gasteiger charge is -2.37. The molecular formula is C64H77N7O11S. The summed E-state index contributed by atoms with van der Waals surface area (Å²) in [5, 5.41) is 16.8. The Morgan fingerprint density at radius 2 is 1.55 bits per heavy atom. The number of hydrogen-bond acceptors (Lipinski definition) is 14. The molecule has 2 unspecified atom stereocenters. The highest BCUT2D eigenvalue weighted by Gasteiger charge is 2.46. The minimum atomic E-state index is -0.926. The number of amides is 4. The van der Waals surface area contributed by atoms with Crippen molar-refractivity contribution in [3.05, 3.63) is 151 Å². The number of thiazole rings is 1. The summed E-state index contributed by atoms with van der Waals surface area (Å²) in [6.07, 6.45) is 0.975. The summed E-state index contributed by atoms with van der Waals surface area (Å²) in [6, 6.07) is 25.4. The summed E-state index contributed by atoms with van der Waals surface area (Å²) >= 11 is 1.52. The Labute approximate surface area is 489 Å². The number of nitrogens with zero attached hydrogens (tertiary/aromatic N) is 4. The normalized spacial score (nSPS) is 16.5. The highest BCUT2D eigenvalue weighted by Crippen LogP contribution is 2.36. The molecular weight excluding hydrogens is 1070 g/mol. The number of fused-ring (bicyclic) bond motifs is 1. The Hall–Kier alpha value is -7.42. The molecule has 18 nitrogen and oxygen atoms in total. The number of anilines is 1. The van der Waals surface area contributed by atoms with Crippen LogP contribution >= 0.6 is 11.3 Å². The van der Waals surface area contributed by atoms with Crippen molar-refractivity contribution in [3.8, 4) is 33.1 Å². The number of benzene rings is 4. The van der Waals surface area contributed by atoms with Crippen molar-refractivity contribution >= 4 is 40.7 Å². The summed E-state index contributed by atoms with van der Waals surface area (Å²) < 4.78 is 29.8. The summed E-state index contributed by atoms with van der Waals surface area (Å²) in [5.74, 6) is -0.249. The third kappa shape index (κ3) is 14.3. The molecule has 83 heavy (non-hydrogen) atoms. The first-order valence-corrected chi connectivity index (χ1v) is 29.6. The van der Waals surface area contributed by atoms with Gasteiger partial charge in [0, 0.05) is 92.0 Å². The number of carbonyl (C=O) groups is 4. The number of aromatic nitrogens is 2. The third-order valence-corrected chi connectivity index (χ3v) is 16.8. The van der Waals surface area contributed by atoms with E-state index in [4.69, 9.17) is 23.7 Å². The molecule has 4 N–H and O–H groups in total. The van der Waals surface area contributed by atoms with E-state index in [1.165, 1.54) is 16.2 Å². The van der Waals surface area contributed by atoms with Gasteiger partial charge in [0.2, 0.25) is 11.8 Å². The Morgan fingerprint density at radius 3 is 2.24 bits per heavy atom. The molecule has 0 bridgehead atoms. The SMILES string of the molecule is CCN(c1cc(-c2ccc(OCCOCCOCCOc3cc(-c4scnc4C)ccc3CNC(=O)C3C[C@@H](O)CN3C(=O)C(C(C)C)N3Cc4ccccc4C3=O)cc2)cc(C(=O)NCc2c(C)cc(C)[nH]c2=O)c1C)C1CCOCC1. The Balaban J connectivity index is 0.754. The first-order chi connectivity index (χ1) is 40.1. The predicted molar refractivity (Wildman–Crippen MR) is 319 cm³/mol. The van der Waals surface area contributed by atoms with Gasteiger partial charge in [-0.25, -0.2) is 4.98 Å². The molecule has 440 valence electrons. The van der Waals surface area contributed by atoms with E-state index in [1.807, 2.05) is 108 Å². The van der Waals surface area contributed by atoms with E-state index in [-0.39, 0.29) is 74.5 Å². The summed E-state index contributed by atoms with van der Waals surface area (Å²) in [4.78, 5) is 82.3. The van der Waals surface area contributed by atoms with Crippen LogP contribution in [0, 0.1) is 33.6 Å². The molecule has 0 saturated carbocycles. The molecule has 0 spiro atoms. The maximum absolute atomic E-state index is 14.3. The van der Waals surface area contributed by atoms with Gasteiger partial charge < -0.3 is 59.1 Å². The van der Waals surface area contributed by atoms with Crippen LogP contribution in [0.3, 0.4) is 0 Å². The maximum atomic E-state index is 14.3. The number of ether oxygens (including phenoxy) is 5. The average molecular weight is 1150 g/mol. The fourth-order valence-electron chi connectivity index (χ4n) is 11.5. The molecule has 2 saturated heterocycles. The molecule has 9 rings (SSSR count). The number of nitrogens with one attached hydrogen (secondary N) is 3. The molecule has 4 amide bonds. The van der Waals surface area contributed by atoms with Gasteiger partial charge in [-0.05, 0) is 129 Å². The van der Waals surface area contributed by atoms with E-state index in [9.17, 15) is 29.1 Å². The standard InChI is InChI=1S/C64H77N7O11S/c1-8-69(49-19-21-78-22-20-49)55-31-48(30-53(42(55)6)60(73)66-35-54-40(4)29-41(5)68-61(54)74)44-15-17-51(18-16-44)81-27-25-79-23-24-80-26-28-82-57-32-45(59-43(7)67-38-83-59)13-14-46(57)34-65-62(75)56-33-50(72)37-70(56)64(77)58(39(2)3)71-36-47-11-9-10-12-52(47)63(71)76/h9-18,29-32,38-39,49-50,56,58,72H,8,19-28,33-37H2,1-7H3,(H,65,75)(H,66,73)(H,68,74)/t50-,56?,58?/m1/s1. The van der Waals surface area contributed by atoms with Crippen LogP contribution in [-0.2, 0) is 43.4 Å². The van der Waals surface area contributed by atoms with Gasteiger partial charge in [0.05, 0.1) is 48.6 Å². The molecule has 3 atom stereocenters. The van der Waals surface area contributed by atoms with Gasteiger partial charge in [-0.15, -0.1) is 11.3 Å². The summed E-state index contributed by atoms with van der Waals surface area (Å²) in [7, 11) is 0. The number of aryl methyl sites for hydroxylation is 3. The summed E-state index contributed by atoms with van der Waals surface area (Å²) in [6.45, 7) is 18.0. The first kappa shape index (κ1) is 60.2. The number of β-amino-alcohol motifs (C(OH)–C–C–N with tert-alkyl or cyclic N) is 1. The minimum absolute atomic E-state index is 0.0116. The van der Waals surface area contributed by atoms with Crippen molar-refractivity contribution in [2.24, 2.45) is 5.92 Å². The first-order valence-electron chi connectivity index (χ1n) is 28.8. The molecule has 0 aliphatic carbocycles. The molecule has 5 heterocycles. The summed E-state index contributed by atoms with van der Waals surface area (Å²) in [5.41, 5.74) is 11.9. The number of pyridine rings is 1. The Kier molecular flexibility index (Phi) is 20.1. The van der Waals surface area contributed by atoms with Crippen LogP contribution in [0.1, 0.15) is 100.0 Å². The topological polar surface area (TPSA) is 214 Å². The molecule has 2 aromatic heterocycles. The molecule has 0 radical (unpaired) electrons. The van der Waals surface area contributed by atoms with E-state index < -0.39 is 24.1 Å². The third-order valence-electron chi connectivity index (χ3n) is 15.8. The van der Waals surface area contributed by atoms with Crippen LogP contribution in [0.15, 0.2) is 95.2 Å². The van der Waals surface area contributed by atoms with Gasteiger partial charge in [-0.1, -0.05) is 56.3 Å². The number of H-pyrrole nitrogens is 1. The van der Waals surface area contributed by atoms with Crippen LogP contribution in [0.2, 0.25) is 0 Å². The van der Waals surface area contributed by atoms with Gasteiger partial charge >= 0.3 is 0 Å². The number of likely N-dealkylation sites (tertiary alicyclic amines) is 1. The van der Waals surface area contributed by atoms with Crippen molar-refractivity contribution in [3.63, 3.8) is 0 Å². The number of rotatable bonds is 25. The second-order valence-corrected chi connectivity index (χ2v) is 22.7. The lowest BCUT2D eigenvalue weighted by molar-refractivity contribution is -0.143. The number of aliphatic hydroxyl groups excluding tert-OH is 1. The molecule has 3 aliphatic rings. The van der Waals surface area contributed by atoms with Crippen LogP contribution in [0.4, 0.5) is 5.69 Å². The van der Waals surface area contributed by atoms with E-state index in [0.29, 0.717) is 79.9 Å². The van der Waals surface area contributed by atoms with Crippen LogP contribution < -0.4 is 30.6 Å². The van der Waals surface area contributed by atoms with Crippen LogP contribution in [-0.4, -0.2) is 139 Å².